The molecule has 2 aromatic heterocycles. The molecule has 4 aromatic carbocycles. The van der Waals surface area contributed by atoms with Crippen LogP contribution in [0.15, 0.2) is 152 Å². The minimum Gasteiger partial charge on any atom is -0.464 e. The van der Waals surface area contributed by atoms with Gasteiger partial charge < -0.3 is 48.4 Å². The first-order chi connectivity index (χ1) is 39.7. The Labute approximate surface area is 481 Å². The van der Waals surface area contributed by atoms with Crippen LogP contribution in [0.25, 0.3) is 10.8 Å². The van der Waals surface area contributed by atoms with Crippen molar-refractivity contribution in [3.8, 4) is 11.5 Å². The number of nitrogens with zero attached hydrogens (tertiary/aromatic N) is 2. The van der Waals surface area contributed by atoms with Crippen molar-refractivity contribution in [1.29, 1.82) is 0 Å². The predicted molar refractivity (Wildman–Crippen MR) is 300 cm³/mol. The molecule has 6 N–H and O–H groups in total. The second kappa shape index (κ2) is 29.8. The maximum absolute atomic E-state index is 14.2. The molecule has 24 heteroatoms. The number of pyridine rings is 2. The van der Waals surface area contributed by atoms with Gasteiger partial charge in [-0.2, -0.15) is 19.3 Å². The molecule has 8 rings (SSSR count). The Morgan fingerprint density at radius 2 is 1.05 bits per heavy atom. The van der Waals surface area contributed by atoms with E-state index >= 15 is 0 Å². The molecule has 0 saturated carbocycles. The highest BCUT2D eigenvalue weighted by Crippen LogP contribution is 2.48. The van der Waals surface area contributed by atoms with Crippen LogP contribution in [0.4, 0.5) is 0 Å². The van der Waals surface area contributed by atoms with Crippen molar-refractivity contribution in [3.63, 3.8) is 0 Å². The molecule has 0 amide bonds. The van der Waals surface area contributed by atoms with Crippen LogP contribution in [0.5, 0.6) is 11.5 Å². The van der Waals surface area contributed by atoms with Gasteiger partial charge in [-0.25, -0.2) is 9.13 Å². The number of esters is 2. The van der Waals surface area contributed by atoms with E-state index in [1.54, 1.807) is 91.3 Å². The fourth-order valence-electron chi connectivity index (χ4n) is 8.78. The van der Waals surface area contributed by atoms with E-state index in [1.807, 2.05) is 62.4 Å². The number of hydrogen-bond acceptors (Lipinski definition) is 18. The lowest BCUT2D eigenvalue weighted by atomic mass is 10.1. The zero-order valence-corrected chi connectivity index (χ0v) is 48.6. The Hall–Kier alpha value is -6.62. The minimum absolute atomic E-state index is 0.0188. The Morgan fingerprint density at radius 3 is 1.57 bits per heavy atom. The van der Waals surface area contributed by atoms with Gasteiger partial charge in [0.2, 0.25) is 0 Å². The summed E-state index contributed by atoms with van der Waals surface area (Å²) >= 11 is 0. The summed E-state index contributed by atoms with van der Waals surface area (Å²) in [5.74, 6) is -0.958. The molecule has 2 fully saturated rings. The van der Waals surface area contributed by atoms with Gasteiger partial charge in [-0.1, -0.05) is 112 Å². The van der Waals surface area contributed by atoms with Crippen molar-refractivity contribution in [2.45, 2.75) is 122 Å². The number of rotatable bonds is 26. The van der Waals surface area contributed by atoms with E-state index in [2.05, 4.69) is 10.2 Å². The van der Waals surface area contributed by atoms with Gasteiger partial charge in [0.25, 0.3) is 12.5 Å². The van der Waals surface area contributed by atoms with Crippen LogP contribution in [0.3, 0.4) is 0 Å². The van der Waals surface area contributed by atoms with Crippen molar-refractivity contribution in [1.82, 2.24) is 10.2 Å². The second-order valence-electron chi connectivity index (χ2n) is 20.0. The van der Waals surface area contributed by atoms with E-state index in [0.29, 0.717) is 16.5 Å². The number of carbonyl (C=O) groups excluding carboxylic acids is 4. The van der Waals surface area contributed by atoms with Gasteiger partial charge in [-0.3, -0.25) is 28.2 Å². The summed E-state index contributed by atoms with van der Waals surface area (Å²) in [6, 6.07) is 34.3. The third kappa shape index (κ3) is 17.5. The number of ether oxygens (including phenoxy) is 4. The number of aromatic nitrogens is 2. The summed E-state index contributed by atoms with van der Waals surface area (Å²) in [5, 5.41) is 49.5. The van der Waals surface area contributed by atoms with Gasteiger partial charge in [0, 0.05) is 17.5 Å². The number of fused-ring (bicyclic) bond motifs is 1. The van der Waals surface area contributed by atoms with Crippen molar-refractivity contribution in [3.05, 3.63) is 169 Å². The molecule has 2 aliphatic rings. The van der Waals surface area contributed by atoms with E-state index in [-0.39, 0.29) is 42.2 Å². The van der Waals surface area contributed by atoms with Crippen LogP contribution >= 0.6 is 15.5 Å². The highest BCUT2D eigenvalue weighted by atomic mass is 31.2. The number of hydrogen-bond donors (Lipinski definition) is 6. The van der Waals surface area contributed by atoms with E-state index in [9.17, 15) is 48.7 Å². The smallest absolute Gasteiger partial charge is 0.459 e. The van der Waals surface area contributed by atoms with E-state index in [1.165, 1.54) is 49.2 Å². The standard InChI is InChI=1S/C32H34N2O9P.C27H38N2O9P/c1-21(32(38)40-19-23-10-4-3-5-11-23)33-44(39,43-27-16-8-13-24-12-6-7-15-26(24)27)41-20-28-29(36)30(37)31(42-28)34-17-9-14-25(18-34)22(2)35;1-5-20(6-2)16-35-27(33)18(3)28-39(34,38-22-12-8-7-9-13-22)36-17-23-24(31)25(32)26(37-23)29-14-10-11-21(15-29)19(4)30/h3-18,21,28-31,36-37H,19-20H2,1-2H3,(H,33,39);7-15,18,20,23-26,31-32H,5-6,16-17H2,1-4H3,(H,28,34)/q2*+1/t21-,28+,29-,30?,31+,44?;18-,23+,24-,25?,26+,39?/m00/s1. The number of ketones is 2. The average molecular weight is 1190 g/mol. The molecule has 0 aliphatic carbocycles. The molecular weight excluding hydrogens is 1110 g/mol. The minimum atomic E-state index is -4.34. The lowest BCUT2D eigenvalue weighted by Gasteiger charge is -2.25. The first-order valence-corrected chi connectivity index (χ1v) is 30.2. The normalized spacial score (nSPS) is 22.5. The molecule has 4 heterocycles. The molecule has 0 radical (unpaired) electrons. The fourth-order valence-corrected chi connectivity index (χ4v) is 11.8. The third-order valence-corrected chi connectivity index (χ3v) is 17.0. The molecule has 6 aromatic rings. The first-order valence-electron chi connectivity index (χ1n) is 27.1. The Morgan fingerprint density at radius 1 is 0.578 bits per heavy atom. The maximum atomic E-state index is 14.2. The Kier molecular flexibility index (Phi) is 22.9. The highest BCUT2D eigenvalue weighted by Gasteiger charge is 2.51. The summed E-state index contributed by atoms with van der Waals surface area (Å²) in [6.45, 7) is 9.16. The quantitative estimate of drug-likeness (QED) is 0.0140. The van der Waals surface area contributed by atoms with Gasteiger partial charge in [0.05, 0.1) is 30.9 Å². The molecular formula is C59H72N4O18P2+2. The zero-order chi connectivity index (χ0) is 59.8. The van der Waals surface area contributed by atoms with Crippen molar-refractivity contribution >= 4 is 49.8 Å². The summed E-state index contributed by atoms with van der Waals surface area (Å²) in [7, 11) is -8.54. The Balaban J connectivity index is 0.000000241. The number of nitrogens with one attached hydrogen (secondary N) is 2. The topological polar surface area (TPSA) is 289 Å². The lowest BCUT2D eigenvalue weighted by molar-refractivity contribution is -0.766. The fraction of sp³-hybridized carbons (Fsp3) is 0.390. The first kappa shape index (κ1) is 64.0. The number of Topliss-reactive ketones (excluding diaryl/α,β-unsaturated/α-hetero) is 2. The summed E-state index contributed by atoms with van der Waals surface area (Å²) in [4.78, 5) is 49.0. The third-order valence-electron chi connectivity index (χ3n) is 13.7. The van der Waals surface area contributed by atoms with Gasteiger partial charge in [-0.15, -0.1) is 0 Å². The van der Waals surface area contributed by atoms with Crippen LogP contribution < -0.4 is 28.4 Å². The zero-order valence-electron chi connectivity index (χ0n) is 46.8. The van der Waals surface area contributed by atoms with E-state index < -0.39 is 102 Å². The molecule has 0 bridgehead atoms. The average Bonchev–Trinajstić information content (AvgIpc) is 4.17. The number of para-hydroxylation sites is 1. The monoisotopic (exact) mass is 1190 g/mol. The number of aliphatic hydroxyl groups is 4. The van der Waals surface area contributed by atoms with Crippen LogP contribution in [-0.4, -0.2) is 112 Å². The largest absolute Gasteiger partial charge is 0.464 e. The molecule has 444 valence electrons. The number of aliphatic hydroxyl groups excluding tert-OH is 4. The van der Waals surface area contributed by atoms with Gasteiger partial charge in [0.1, 0.15) is 54.6 Å². The summed E-state index contributed by atoms with van der Waals surface area (Å²) < 4.78 is 76.4. The van der Waals surface area contributed by atoms with Gasteiger partial charge >= 0.3 is 27.4 Å². The molecule has 0 spiro atoms. The molecule has 4 unspecified atom stereocenters. The van der Waals surface area contributed by atoms with Crippen LogP contribution in [0.2, 0.25) is 0 Å². The summed E-state index contributed by atoms with van der Waals surface area (Å²) in [5.41, 5.74) is 1.58. The highest BCUT2D eigenvalue weighted by molar-refractivity contribution is 7.52. The molecule has 2 aliphatic heterocycles. The van der Waals surface area contributed by atoms with Crippen molar-refractivity contribution < 1.29 is 94.9 Å². The lowest BCUT2D eigenvalue weighted by Crippen LogP contribution is -2.46. The Bertz CT molecular complexity index is 3230. The number of carbonyl (C=O) groups is 4. The molecule has 2 saturated heterocycles. The van der Waals surface area contributed by atoms with Gasteiger partial charge in [0.15, 0.2) is 48.6 Å². The molecule has 83 heavy (non-hydrogen) atoms. The van der Waals surface area contributed by atoms with E-state index in [0.717, 1.165) is 23.8 Å². The number of benzene rings is 4. The second-order valence-corrected chi connectivity index (χ2v) is 23.3. The van der Waals surface area contributed by atoms with Gasteiger partial charge in [-0.05, 0) is 74.9 Å². The van der Waals surface area contributed by atoms with E-state index in [4.69, 9.17) is 37.0 Å². The van der Waals surface area contributed by atoms with Crippen LogP contribution in [-0.2, 0) is 53.3 Å². The summed E-state index contributed by atoms with van der Waals surface area (Å²) in [6.07, 6.45) is -1.92. The SMILES string of the molecule is CC(=O)c1ccc[n+]([C@@H]2O[C@H](COP(=O)(N[C@@H](C)C(=O)OCc3ccccc3)Oc3cccc4ccccc34)[C@H](O)C2O)c1.CCC(CC)COC(=O)[C@H](C)NP(=O)(OC[C@H]1O[C@@H]([n+]2cccc(C(C)=O)c2)C(O)[C@H]1O)Oc1ccccc1. The van der Waals surface area contributed by atoms with Crippen LogP contribution in [0.1, 0.15) is 93.1 Å². The van der Waals surface area contributed by atoms with Crippen molar-refractivity contribution in [2.24, 2.45) is 5.92 Å². The molecule has 22 nitrogen and oxygen atoms in total. The van der Waals surface area contributed by atoms with Crippen LogP contribution in [0, 0.1) is 5.92 Å². The maximum Gasteiger partial charge on any atom is 0.459 e. The van der Waals surface area contributed by atoms with Crippen molar-refractivity contribution in [2.75, 3.05) is 19.8 Å². The molecule has 12 atom stereocenters. The predicted octanol–water partition coefficient (Wildman–Crippen LogP) is 6.83.